The molecule has 0 aromatic carbocycles. The molecule has 1 N–H and O–H groups in total. The van der Waals surface area contributed by atoms with Crippen LogP contribution < -0.4 is 5.32 Å². The van der Waals surface area contributed by atoms with Gasteiger partial charge in [0.05, 0.1) is 13.5 Å². The van der Waals surface area contributed by atoms with Gasteiger partial charge in [0.1, 0.15) is 0 Å². The van der Waals surface area contributed by atoms with Crippen LogP contribution in [-0.2, 0) is 14.3 Å². The second kappa shape index (κ2) is 5.70. The van der Waals surface area contributed by atoms with Crippen molar-refractivity contribution in [3.8, 4) is 0 Å². The molecule has 0 spiro atoms. The monoisotopic (exact) mass is 214 g/mol. The first-order chi connectivity index (χ1) is 7.11. The largest absolute Gasteiger partial charge is 0.469 e. The van der Waals surface area contributed by atoms with E-state index in [1.165, 1.54) is 14.0 Å². The molecule has 0 aromatic rings. The molecule has 86 valence electrons. The fourth-order valence-electron chi connectivity index (χ4n) is 1.79. The molecule has 5 heteroatoms. The SMILES string of the molecule is COC(=O)CCN1CCC(NC(C)=O)C1. The van der Waals surface area contributed by atoms with E-state index in [9.17, 15) is 9.59 Å². The quantitative estimate of drug-likeness (QED) is 0.656. The summed E-state index contributed by atoms with van der Waals surface area (Å²) in [6, 6.07) is 0.236. The maximum atomic E-state index is 10.9. The van der Waals surface area contributed by atoms with Crippen LogP contribution in [0.2, 0.25) is 0 Å². The Balaban J connectivity index is 2.19. The van der Waals surface area contributed by atoms with Crippen molar-refractivity contribution in [1.82, 2.24) is 10.2 Å². The van der Waals surface area contributed by atoms with Gasteiger partial charge in [-0.2, -0.15) is 0 Å². The van der Waals surface area contributed by atoms with Crippen LogP contribution in [-0.4, -0.2) is 49.6 Å². The number of hydrogen-bond acceptors (Lipinski definition) is 4. The van der Waals surface area contributed by atoms with E-state index in [0.717, 1.165) is 19.5 Å². The van der Waals surface area contributed by atoms with Crippen LogP contribution in [0.1, 0.15) is 19.8 Å². The van der Waals surface area contributed by atoms with Crippen molar-refractivity contribution >= 4 is 11.9 Å². The number of esters is 1. The fraction of sp³-hybridized carbons (Fsp3) is 0.800. The molecule has 0 saturated carbocycles. The highest BCUT2D eigenvalue weighted by molar-refractivity contribution is 5.73. The minimum atomic E-state index is -0.182. The molecular formula is C10H18N2O3. The van der Waals surface area contributed by atoms with Gasteiger partial charge in [0.2, 0.25) is 5.91 Å². The van der Waals surface area contributed by atoms with E-state index >= 15 is 0 Å². The van der Waals surface area contributed by atoms with Gasteiger partial charge in [-0.15, -0.1) is 0 Å². The molecule has 0 aliphatic carbocycles. The molecule has 1 heterocycles. The zero-order valence-corrected chi connectivity index (χ0v) is 9.28. The standard InChI is InChI=1S/C10H18N2O3/c1-8(13)11-9-3-5-12(7-9)6-4-10(14)15-2/h9H,3-7H2,1-2H3,(H,11,13). The lowest BCUT2D eigenvalue weighted by Crippen LogP contribution is -2.36. The number of nitrogens with one attached hydrogen (secondary N) is 1. The molecule has 5 nitrogen and oxygen atoms in total. The smallest absolute Gasteiger partial charge is 0.306 e. The summed E-state index contributed by atoms with van der Waals surface area (Å²) in [6.45, 7) is 4.00. The van der Waals surface area contributed by atoms with E-state index < -0.39 is 0 Å². The van der Waals surface area contributed by atoms with Crippen LogP contribution in [0, 0.1) is 0 Å². The summed E-state index contributed by atoms with van der Waals surface area (Å²) in [5, 5.41) is 2.88. The van der Waals surface area contributed by atoms with Crippen LogP contribution in [0.5, 0.6) is 0 Å². The molecular weight excluding hydrogens is 196 g/mol. The second-order valence-corrected chi connectivity index (χ2v) is 3.81. The lowest BCUT2D eigenvalue weighted by atomic mass is 10.2. The second-order valence-electron chi connectivity index (χ2n) is 3.81. The summed E-state index contributed by atoms with van der Waals surface area (Å²) in [7, 11) is 1.40. The molecule has 1 unspecified atom stereocenters. The molecule has 0 bridgehead atoms. The van der Waals surface area contributed by atoms with Crippen molar-refractivity contribution in [2.75, 3.05) is 26.7 Å². The Labute approximate surface area is 89.8 Å². The van der Waals surface area contributed by atoms with Crippen molar-refractivity contribution in [2.45, 2.75) is 25.8 Å². The zero-order valence-electron chi connectivity index (χ0n) is 9.28. The molecule has 0 radical (unpaired) electrons. The van der Waals surface area contributed by atoms with Crippen molar-refractivity contribution in [3.05, 3.63) is 0 Å². The zero-order chi connectivity index (χ0) is 11.3. The van der Waals surface area contributed by atoms with E-state index in [1.807, 2.05) is 0 Å². The Morgan fingerprint density at radius 1 is 1.53 bits per heavy atom. The van der Waals surface area contributed by atoms with Gasteiger partial charge in [-0.25, -0.2) is 0 Å². The maximum Gasteiger partial charge on any atom is 0.306 e. The minimum absolute atomic E-state index is 0.00909. The third kappa shape index (κ3) is 4.29. The first-order valence-electron chi connectivity index (χ1n) is 5.18. The van der Waals surface area contributed by atoms with Crippen LogP contribution >= 0.6 is 0 Å². The predicted octanol–water partition coefficient (Wildman–Crippen LogP) is -0.240. The highest BCUT2D eigenvalue weighted by atomic mass is 16.5. The molecule has 1 atom stereocenters. The van der Waals surface area contributed by atoms with Gasteiger partial charge in [0, 0.05) is 32.6 Å². The number of amides is 1. The molecule has 1 saturated heterocycles. The Hall–Kier alpha value is -1.10. The Kier molecular flexibility index (Phi) is 4.55. The molecule has 1 aliphatic heterocycles. The minimum Gasteiger partial charge on any atom is -0.469 e. The van der Waals surface area contributed by atoms with E-state index in [0.29, 0.717) is 13.0 Å². The molecule has 1 rings (SSSR count). The Morgan fingerprint density at radius 2 is 2.27 bits per heavy atom. The number of carbonyl (C=O) groups excluding carboxylic acids is 2. The molecule has 0 aromatic heterocycles. The molecule has 1 fully saturated rings. The van der Waals surface area contributed by atoms with Gasteiger partial charge in [0.15, 0.2) is 0 Å². The van der Waals surface area contributed by atoms with Gasteiger partial charge in [-0.05, 0) is 6.42 Å². The van der Waals surface area contributed by atoms with Crippen LogP contribution in [0.3, 0.4) is 0 Å². The topological polar surface area (TPSA) is 58.6 Å². The molecule has 1 amide bonds. The maximum absolute atomic E-state index is 10.9. The third-order valence-corrected chi connectivity index (χ3v) is 2.54. The summed E-state index contributed by atoms with van der Waals surface area (Å²) in [5.74, 6) is -0.173. The number of methoxy groups -OCH3 is 1. The number of carbonyl (C=O) groups is 2. The molecule has 1 aliphatic rings. The van der Waals surface area contributed by atoms with E-state index in [2.05, 4.69) is 15.0 Å². The van der Waals surface area contributed by atoms with E-state index in [1.54, 1.807) is 0 Å². The number of ether oxygens (including phenoxy) is 1. The highest BCUT2D eigenvalue weighted by Gasteiger charge is 2.22. The lowest BCUT2D eigenvalue weighted by Gasteiger charge is -2.15. The average molecular weight is 214 g/mol. The van der Waals surface area contributed by atoms with Crippen LogP contribution in [0.25, 0.3) is 0 Å². The normalized spacial score (nSPS) is 21.3. The van der Waals surface area contributed by atoms with Gasteiger partial charge in [0.25, 0.3) is 0 Å². The summed E-state index contributed by atoms with van der Waals surface area (Å²) in [6.07, 6.45) is 1.38. The van der Waals surface area contributed by atoms with Crippen molar-refractivity contribution < 1.29 is 14.3 Å². The predicted molar refractivity (Wildman–Crippen MR) is 55.3 cm³/mol. The number of nitrogens with zero attached hydrogens (tertiary/aromatic N) is 1. The van der Waals surface area contributed by atoms with Crippen LogP contribution in [0.4, 0.5) is 0 Å². The summed E-state index contributed by atoms with van der Waals surface area (Å²) in [5.41, 5.74) is 0. The number of rotatable bonds is 4. The first kappa shape index (κ1) is 12.0. The Morgan fingerprint density at radius 3 is 2.87 bits per heavy atom. The van der Waals surface area contributed by atoms with Crippen LogP contribution in [0.15, 0.2) is 0 Å². The van der Waals surface area contributed by atoms with E-state index in [4.69, 9.17) is 0 Å². The van der Waals surface area contributed by atoms with Gasteiger partial charge < -0.3 is 15.0 Å². The van der Waals surface area contributed by atoms with Crippen molar-refractivity contribution in [3.63, 3.8) is 0 Å². The summed E-state index contributed by atoms with van der Waals surface area (Å²) in [4.78, 5) is 23.9. The van der Waals surface area contributed by atoms with Gasteiger partial charge >= 0.3 is 5.97 Å². The molecule has 15 heavy (non-hydrogen) atoms. The Bertz CT molecular complexity index is 243. The van der Waals surface area contributed by atoms with Crippen molar-refractivity contribution in [1.29, 1.82) is 0 Å². The van der Waals surface area contributed by atoms with Gasteiger partial charge in [-0.1, -0.05) is 0 Å². The summed E-state index contributed by atoms with van der Waals surface area (Å²) < 4.78 is 4.57. The number of likely N-dealkylation sites (tertiary alicyclic amines) is 1. The first-order valence-corrected chi connectivity index (χ1v) is 5.18. The average Bonchev–Trinajstić information content (AvgIpc) is 2.61. The van der Waals surface area contributed by atoms with Gasteiger partial charge in [-0.3, -0.25) is 9.59 Å². The third-order valence-electron chi connectivity index (χ3n) is 2.54. The highest BCUT2D eigenvalue weighted by Crippen LogP contribution is 2.09. The summed E-state index contributed by atoms with van der Waals surface area (Å²) >= 11 is 0. The lowest BCUT2D eigenvalue weighted by molar-refractivity contribution is -0.141. The van der Waals surface area contributed by atoms with Crippen molar-refractivity contribution in [2.24, 2.45) is 0 Å². The number of hydrogen-bond donors (Lipinski definition) is 1. The fourth-order valence-corrected chi connectivity index (χ4v) is 1.79. The van der Waals surface area contributed by atoms with E-state index in [-0.39, 0.29) is 17.9 Å².